The van der Waals surface area contributed by atoms with E-state index < -0.39 is 0 Å². The van der Waals surface area contributed by atoms with Crippen molar-refractivity contribution in [2.24, 2.45) is 14.1 Å². The van der Waals surface area contributed by atoms with Crippen LogP contribution < -0.4 is 4.57 Å². The third kappa shape index (κ3) is 2.05. The molecule has 1 aromatic carbocycles. The molecule has 0 saturated carbocycles. The van der Waals surface area contributed by atoms with Crippen LogP contribution in [0.2, 0.25) is 0 Å². The van der Waals surface area contributed by atoms with Gasteiger partial charge >= 0.3 is 0 Å². The minimum atomic E-state index is 0.221. The van der Waals surface area contributed by atoms with Gasteiger partial charge in [-0.2, -0.15) is 0 Å². The first-order valence-electron chi connectivity index (χ1n) is 6.93. The maximum absolute atomic E-state index is 2.36. The van der Waals surface area contributed by atoms with E-state index in [4.69, 9.17) is 0 Å². The van der Waals surface area contributed by atoms with Gasteiger partial charge in [-0.25, -0.2) is 9.13 Å². The van der Waals surface area contributed by atoms with E-state index in [0.29, 0.717) is 0 Å². The Hall–Kier alpha value is -1.31. The Morgan fingerprint density at radius 2 is 1.89 bits per heavy atom. The summed E-state index contributed by atoms with van der Waals surface area (Å²) in [6.45, 7) is 6.98. The third-order valence-corrected chi connectivity index (χ3v) is 4.00. The molecular formula is C16H25N2+. The van der Waals surface area contributed by atoms with Gasteiger partial charge in [-0.1, -0.05) is 31.9 Å². The van der Waals surface area contributed by atoms with Crippen molar-refractivity contribution in [1.82, 2.24) is 4.57 Å². The first-order valence-corrected chi connectivity index (χ1v) is 6.93. The number of unbranched alkanes of at least 4 members (excludes halogenated alkanes) is 1. The summed E-state index contributed by atoms with van der Waals surface area (Å²) in [6.07, 6.45) is 3.78. The molecule has 0 unspecified atom stereocenters. The Labute approximate surface area is 110 Å². The lowest BCUT2D eigenvalue weighted by molar-refractivity contribution is -0.657. The SMILES string of the molecule is CCCCC(C)(C)c1n(C)c2ccccc2[n+]1C. The summed E-state index contributed by atoms with van der Waals surface area (Å²) >= 11 is 0. The predicted molar refractivity (Wildman–Crippen MR) is 76.6 cm³/mol. The maximum atomic E-state index is 2.36. The van der Waals surface area contributed by atoms with Gasteiger partial charge in [0, 0.05) is 0 Å². The Bertz CT molecular complexity index is 510. The summed E-state index contributed by atoms with van der Waals surface area (Å²) in [6, 6.07) is 8.64. The molecule has 0 bridgehead atoms. The largest absolute Gasteiger partial charge is 0.262 e. The fraction of sp³-hybridized carbons (Fsp3) is 0.562. The van der Waals surface area contributed by atoms with Gasteiger partial charge in [0.05, 0.1) is 19.5 Å². The van der Waals surface area contributed by atoms with Crippen molar-refractivity contribution in [3.8, 4) is 0 Å². The summed E-state index contributed by atoms with van der Waals surface area (Å²) in [4.78, 5) is 0. The van der Waals surface area contributed by atoms with Crippen molar-refractivity contribution >= 4 is 11.0 Å². The second kappa shape index (κ2) is 4.75. The summed E-state index contributed by atoms with van der Waals surface area (Å²) in [5, 5.41) is 0. The molecule has 0 N–H and O–H groups in total. The number of fused-ring (bicyclic) bond motifs is 1. The lowest BCUT2D eigenvalue weighted by Crippen LogP contribution is -2.40. The van der Waals surface area contributed by atoms with E-state index >= 15 is 0 Å². The summed E-state index contributed by atoms with van der Waals surface area (Å²) in [7, 11) is 4.37. The van der Waals surface area contributed by atoms with E-state index in [1.54, 1.807) is 0 Å². The highest BCUT2D eigenvalue weighted by Crippen LogP contribution is 2.29. The minimum absolute atomic E-state index is 0.221. The van der Waals surface area contributed by atoms with Crippen LogP contribution in [0.25, 0.3) is 11.0 Å². The van der Waals surface area contributed by atoms with Crippen molar-refractivity contribution < 1.29 is 4.57 Å². The molecule has 0 aliphatic carbocycles. The molecule has 2 rings (SSSR count). The second-order valence-corrected chi connectivity index (χ2v) is 5.92. The third-order valence-electron chi connectivity index (χ3n) is 4.00. The molecule has 0 radical (unpaired) electrons. The molecule has 98 valence electrons. The highest BCUT2D eigenvalue weighted by Gasteiger charge is 2.34. The maximum Gasteiger partial charge on any atom is 0.262 e. The number of benzene rings is 1. The van der Waals surface area contributed by atoms with Crippen LogP contribution in [-0.4, -0.2) is 4.57 Å². The predicted octanol–water partition coefficient (Wildman–Crippen LogP) is 3.47. The van der Waals surface area contributed by atoms with E-state index in [2.05, 4.69) is 68.3 Å². The molecule has 0 spiro atoms. The molecule has 0 saturated heterocycles. The van der Waals surface area contributed by atoms with Gasteiger partial charge in [-0.3, -0.25) is 0 Å². The first-order chi connectivity index (χ1) is 8.49. The Morgan fingerprint density at radius 1 is 1.22 bits per heavy atom. The zero-order valence-electron chi connectivity index (χ0n) is 12.3. The van der Waals surface area contributed by atoms with Crippen LogP contribution in [0.15, 0.2) is 24.3 Å². The first kappa shape index (κ1) is 13.1. The van der Waals surface area contributed by atoms with Gasteiger partial charge in [0.15, 0.2) is 11.0 Å². The molecule has 2 aromatic rings. The lowest BCUT2D eigenvalue weighted by atomic mass is 9.86. The molecule has 18 heavy (non-hydrogen) atoms. The van der Waals surface area contributed by atoms with Crippen LogP contribution in [0.4, 0.5) is 0 Å². The van der Waals surface area contributed by atoms with E-state index in [0.717, 1.165) is 0 Å². The Morgan fingerprint density at radius 3 is 2.50 bits per heavy atom. The number of para-hydroxylation sites is 2. The average molecular weight is 245 g/mol. The van der Waals surface area contributed by atoms with Crippen LogP contribution in [0, 0.1) is 0 Å². The van der Waals surface area contributed by atoms with Crippen LogP contribution in [-0.2, 0) is 19.5 Å². The molecular weight excluding hydrogens is 220 g/mol. The zero-order chi connectivity index (χ0) is 13.3. The van der Waals surface area contributed by atoms with E-state index in [9.17, 15) is 0 Å². The molecule has 1 aromatic heterocycles. The van der Waals surface area contributed by atoms with Crippen LogP contribution in [0.1, 0.15) is 45.9 Å². The number of rotatable bonds is 4. The van der Waals surface area contributed by atoms with Crippen LogP contribution in [0.3, 0.4) is 0 Å². The molecule has 0 aliphatic heterocycles. The Kier molecular flexibility index (Phi) is 3.47. The number of imidazole rings is 1. The van der Waals surface area contributed by atoms with Gasteiger partial charge in [0.25, 0.3) is 5.82 Å². The van der Waals surface area contributed by atoms with Crippen LogP contribution in [0.5, 0.6) is 0 Å². The van der Waals surface area contributed by atoms with E-state index in [1.165, 1.54) is 36.1 Å². The molecule has 0 aliphatic rings. The van der Waals surface area contributed by atoms with Crippen molar-refractivity contribution in [2.45, 2.75) is 45.4 Å². The van der Waals surface area contributed by atoms with E-state index in [-0.39, 0.29) is 5.41 Å². The van der Waals surface area contributed by atoms with Crippen molar-refractivity contribution in [1.29, 1.82) is 0 Å². The zero-order valence-corrected chi connectivity index (χ0v) is 12.3. The molecule has 0 atom stereocenters. The van der Waals surface area contributed by atoms with Crippen molar-refractivity contribution in [3.63, 3.8) is 0 Å². The second-order valence-electron chi connectivity index (χ2n) is 5.92. The van der Waals surface area contributed by atoms with Crippen molar-refractivity contribution in [2.75, 3.05) is 0 Å². The number of hydrogen-bond donors (Lipinski definition) is 0. The molecule has 2 nitrogen and oxygen atoms in total. The fourth-order valence-electron chi connectivity index (χ4n) is 3.12. The molecule has 2 heteroatoms. The van der Waals surface area contributed by atoms with Gasteiger partial charge < -0.3 is 0 Å². The molecule has 0 amide bonds. The average Bonchev–Trinajstić information content (AvgIpc) is 2.61. The number of aromatic nitrogens is 2. The highest BCUT2D eigenvalue weighted by atomic mass is 15.2. The quantitative estimate of drug-likeness (QED) is 0.729. The van der Waals surface area contributed by atoms with Gasteiger partial charge in [0.2, 0.25) is 0 Å². The molecule has 0 fully saturated rings. The summed E-state index contributed by atoms with van der Waals surface area (Å²) in [5.41, 5.74) is 2.86. The Balaban J connectivity index is 2.57. The fourth-order valence-corrected chi connectivity index (χ4v) is 3.12. The van der Waals surface area contributed by atoms with Gasteiger partial charge in [0.1, 0.15) is 0 Å². The van der Waals surface area contributed by atoms with Crippen molar-refractivity contribution in [3.05, 3.63) is 30.1 Å². The summed E-state index contributed by atoms with van der Waals surface area (Å²) in [5.74, 6) is 1.41. The summed E-state index contributed by atoms with van der Waals surface area (Å²) < 4.78 is 4.70. The number of nitrogens with zero attached hydrogens (tertiary/aromatic N) is 2. The topological polar surface area (TPSA) is 8.81 Å². The smallest absolute Gasteiger partial charge is 0.229 e. The van der Waals surface area contributed by atoms with Gasteiger partial charge in [-0.05, 0) is 32.4 Å². The lowest BCUT2D eigenvalue weighted by Gasteiger charge is -2.20. The number of hydrogen-bond acceptors (Lipinski definition) is 0. The highest BCUT2D eigenvalue weighted by molar-refractivity contribution is 5.72. The monoisotopic (exact) mass is 245 g/mol. The van der Waals surface area contributed by atoms with Gasteiger partial charge in [-0.15, -0.1) is 0 Å². The van der Waals surface area contributed by atoms with E-state index in [1.807, 2.05) is 0 Å². The standard InChI is InChI=1S/C16H25N2/c1-6-7-12-16(2,3)15-17(4)13-10-8-9-11-14(13)18(15)5/h8-11H,6-7,12H2,1-5H3/q+1. The number of aryl methyl sites for hydroxylation is 2. The molecule has 1 heterocycles. The van der Waals surface area contributed by atoms with Crippen LogP contribution >= 0.6 is 0 Å². The normalized spacial score (nSPS) is 12.3. The minimum Gasteiger partial charge on any atom is -0.229 e.